The van der Waals surface area contributed by atoms with Gasteiger partial charge in [-0.3, -0.25) is 9.59 Å². The molecule has 0 bridgehead atoms. The van der Waals surface area contributed by atoms with Gasteiger partial charge in [-0.2, -0.15) is 0 Å². The molecule has 0 N–H and O–H groups in total. The molecule has 132 valence electrons. The number of hydrogen-bond donors (Lipinski definition) is 0. The molecule has 0 atom stereocenters. The summed E-state index contributed by atoms with van der Waals surface area (Å²) in [4.78, 5) is 27.5. The van der Waals surface area contributed by atoms with Crippen LogP contribution >= 0.6 is 0 Å². The van der Waals surface area contributed by atoms with Crippen LogP contribution in [0.4, 0.5) is 5.69 Å². The Morgan fingerprint density at radius 3 is 2.12 bits per heavy atom. The van der Waals surface area contributed by atoms with Gasteiger partial charge in [0.25, 0.3) is 5.91 Å². The van der Waals surface area contributed by atoms with Gasteiger partial charge in [-0.25, -0.2) is 0 Å². The van der Waals surface area contributed by atoms with E-state index in [2.05, 4.69) is 0 Å². The molecule has 0 heterocycles. The van der Waals surface area contributed by atoms with Crippen molar-refractivity contribution < 1.29 is 14.3 Å². The molecule has 0 radical (unpaired) electrons. The maximum atomic E-state index is 12.1. The Morgan fingerprint density at radius 2 is 1.52 bits per heavy atom. The van der Waals surface area contributed by atoms with Crippen LogP contribution in [0.5, 0.6) is 0 Å². The van der Waals surface area contributed by atoms with Crippen LogP contribution in [0.1, 0.15) is 11.1 Å². The number of rotatable bonds is 7. The van der Waals surface area contributed by atoms with Crippen LogP contribution in [-0.4, -0.2) is 44.5 Å². The summed E-state index contributed by atoms with van der Waals surface area (Å²) in [7, 11) is 5.66. The minimum atomic E-state index is -0.400. The Morgan fingerprint density at radius 1 is 0.880 bits per heavy atom. The molecule has 0 saturated heterocycles. The molecule has 2 aromatic carbocycles. The van der Waals surface area contributed by atoms with E-state index < -0.39 is 5.97 Å². The molecule has 5 heteroatoms. The van der Waals surface area contributed by atoms with Crippen molar-refractivity contribution >= 4 is 17.6 Å². The zero-order valence-electron chi connectivity index (χ0n) is 14.9. The van der Waals surface area contributed by atoms with Gasteiger partial charge in [0, 0.05) is 33.4 Å². The van der Waals surface area contributed by atoms with Gasteiger partial charge in [0.15, 0.2) is 6.61 Å². The lowest BCUT2D eigenvalue weighted by molar-refractivity contribution is -0.151. The van der Waals surface area contributed by atoms with Crippen LogP contribution in [0.15, 0.2) is 54.6 Å². The highest BCUT2D eigenvalue weighted by Gasteiger charge is 2.13. The normalized spacial score (nSPS) is 10.2. The molecular formula is C20H24N2O3. The van der Waals surface area contributed by atoms with Crippen molar-refractivity contribution in [2.24, 2.45) is 0 Å². The quantitative estimate of drug-likeness (QED) is 0.727. The summed E-state index contributed by atoms with van der Waals surface area (Å²) in [6.07, 6.45) is 0.170. The molecule has 5 nitrogen and oxygen atoms in total. The lowest BCUT2D eigenvalue weighted by atomic mass is 10.2. The largest absolute Gasteiger partial charge is 0.455 e. The molecule has 2 aromatic rings. The van der Waals surface area contributed by atoms with Crippen LogP contribution in [0.3, 0.4) is 0 Å². The Kier molecular flexibility index (Phi) is 6.57. The topological polar surface area (TPSA) is 49.9 Å². The predicted molar refractivity (Wildman–Crippen MR) is 98.3 cm³/mol. The fraction of sp³-hybridized carbons (Fsp3) is 0.300. The highest BCUT2D eigenvalue weighted by Crippen LogP contribution is 2.13. The highest BCUT2D eigenvalue weighted by atomic mass is 16.5. The smallest absolute Gasteiger partial charge is 0.310 e. The number of esters is 1. The maximum Gasteiger partial charge on any atom is 0.310 e. The van der Waals surface area contributed by atoms with Gasteiger partial charge < -0.3 is 14.5 Å². The number of nitrogens with zero attached hydrogens (tertiary/aromatic N) is 2. The first-order chi connectivity index (χ1) is 12.0. The van der Waals surface area contributed by atoms with E-state index in [1.54, 1.807) is 11.9 Å². The average Bonchev–Trinajstić information content (AvgIpc) is 2.61. The highest BCUT2D eigenvalue weighted by molar-refractivity contribution is 5.81. The summed E-state index contributed by atoms with van der Waals surface area (Å²) in [5.74, 6) is -0.624. The van der Waals surface area contributed by atoms with E-state index >= 15 is 0 Å². The summed E-state index contributed by atoms with van der Waals surface area (Å²) in [6.45, 7) is 0.237. The van der Waals surface area contributed by atoms with E-state index in [1.165, 1.54) is 0 Å². The van der Waals surface area contributed by atoms with E-state index in [-0.39, 0.29) is 18.9 Å². The number of benzene rings is 2. The Hall–Kier alpha value is -2.82. The second-order valence-corrected chi connectivity index (χ2v) is 6.13. The first-order valence-corrected chi connectivity index (χ1v) is 8.15. The number of amides is 1. The Bertz CT molecular complexity index is 697. The fourth-order valence-corrected chi connectivity index (χ4v) is 2.33. The average molecular weight is 340 g/mol. The number of carbonyl (C=O) groups is 2. The number of likely N-dealkylation sites (N-methyl/N-ethyl adjacent to an activating group) is 1. The van der Waals surface area contributed by atoms with Crippen molar-refractivity contribution in [1.82, 2.24) is 4.90 Å². The second-order valence-electron chi connectivity index (χ2n) is 6.13. The molecule has 0 fully saturated rings. The molecular weight excluding hydrogens is 316 g/mol. The minimum absolute atomic E-state index is 0.170. The molecule has 25 heavy (non-hydrogen) atoms. The lowest BCUT2D eigenvalue weighted by Gasteiger charge is -2.18. The van der Waals surface area contributed by atoms with E-state index in [0.29, 0.717) is 6.54 Å². The van der Waals surface area contributed by atoms with Gasteiger partial charge in [0.1, 0.15) is 0 Å². The summed E-state index contributed by atoms with van der Waals surface area (Å²) in [6, 6.07) is 17.3. The number of ether oxygens (including phenoxy) is 1. The van der Waals surface area contributed by atoms with Crippen molar-refractivity contribution in [2.45, 2.75) is 13.0 Å². The molecule has 1 amide bonds. The van der Waals surface area contributed by atoms with Gasteiger partial charge in [-0.1, -0.05) is 42.5 Å². The lowest BCUT2D eigenvalue weighted by Crippen LogP contribution is -2.31. The summed E-state index contributed by atoms with van der Waals surface area (Å²) >= 11 is 0. The van der Waals surface area contributed by atoms with Gasteiger partial charge >= 0.3 is 5.97 Å². The van der Waals surface area contributed by atoms with Crippen LogP contribution in [-0.2, 0) is 27.3 Å². The van der Waals surface area contributed by atoms with Crippen LogP contribution in [0, 0.1) is 0 Å². The zero-order chi connectivity index (χ0) is 18.2. The van der Waals surface area contributed by atoms with Crippen molar-refractivity contribution in [1.29, 1.82) is 0 Å². The fourth-order valence-electron chi connectivity index (χ4n) is 2.33. The van der Waals surface area contributed by atoms with Crippen LogP contribution in [0.25, 0.3) is 0 Å². The molecule has 0 aliphatic rings. The molecule has 0 saturated carbocycles. The van der Waals surface area contributed by atoms with Gasteiger partial charge in [0.2, 0.25) is 0 Å². The van der Waals surface area contributed by atoms with E-state index in [9.17, 15) is 9.59 Å². The Labute approximate surface area is 148 Å². The van der Waals surface area contributed by atoms with Crippen LogP contribution < -0.4 is 4.90 Å². The molecule has 0 spiro atoms. The van der Waals surface area contributed by atoms with Crippen molar-refractivity contribution in [3.8, 4) is 0 Å². The predicted octanol–water partition coefficient (Wildman–Crippen LogP) is 2.50. The summed E-state index contributed by atoms with van der Waals surface area (Å²) in [5, 5.41) is 0. The van der Waals surface area contributed by atoms with Gasteiger partial charge in [0.05, 0.1) is 6.42 Å². The summed E-state index contributed by atoms with van der Waals surface area (Å²) in [5.41, 5.74) is 3.00. The SMILES string of the molecule is CN(Cc1ccc(N(C)C)cc1)C(=O)COC(=O)Cc1ccccc1. The molecule has 0 aromatic heterocycles. The molecule has 0 unspecified atom stereocenters. The first-order valence-electron chi connectivity index (χ1n) is 8.15. The zero-order valence-corrected chi connectivity index (χ0v) is 14.9. The standard InChI is InChI=1S/C20H24N2O3/c1-21(2)18-11-9-17(10-12-18)14-22(3)19(23)15-25-20(24)13-16-7-5-4-6-8-16/h4-12H,13-15H2,1-3H3. The minimum Gasteiger partial charge on any atom is -0.455 e. The van der Waals surface area contributed by atoms with Gasteiger partial charge in [-0.15, -0.1) is 0 Å². The van der Waals surface area contributed by atoms with E-state index in [0.717, 1.165) is 16.8 Å². The molecule has 0 aliphatic heterocycles. The number of anilines is 1. The van der Waals surface area contributed by atoms with E-state index in [1.807, 2.05) is 73.6 Å². The third kappa shape index (κ3) is 5.95. The number of hydrogen-bond acceptors (Lipinski definition) is 4. The third-order valence-corrected chi connectivity index (χ3v) is 3.85. The molecule has 0 aliphatic carbocycles. The van der Waals surface area contributed by atoms with Crippen LogP contribution in [0.2, 0.25) is 0 Å². The van der Waals surface area contributed by atoms with Crippen molar-refractivity contribution in [3.63, 3.8) is 0 Å². The maximum absolute atomic E-state index is 12.1. The van der Waals surface area contributed by atoms with Gasteiger partial charge in [-0.05, 0) is 23.3 Å². The first kappa shape index (κ1) is 18.5. The van der Waals surface area contributed by atoms with Crippen molar-refractivity contribution in [2.75, 3.05) is 32.6 Å². The third-order valence-electron chi connectivity index (χ3n) is 3.85. The monoisotopic (exact) mass is 340 g/mol. The molecule has 2 rings (SSSR count). The van der Waals surface area contributed by atoms with E-state index in [4.69, 9.17) is 4.74 Å². The Balaban J connectivity index is 1.78. The number of carbonyl (C=O) groups excluding carboxylic acids is 2. The van der Waals surface area contributed by atoms with Crippen molar-refractivity contribution in [3.05, 3.63) is 65.7 Å². The second kappa shape index (κ2) is 8.87. The summed E-state index contributed by atoms with van der Waals surface area (Å²) < 4.78 is 5.08.